The van der Waals surface area contributed by atoms with Gasteiger partial charge >= 0.3 is 5.97 Å². The second-order valence-corrected chi connectivity index (χ2v) is 12.3. The number of hydrogen-bond acceptors (Lipinski definition) is 6. The Kier molecular flexibility index (Phi) is 10.1. The lowest BCUT2D eigenvalue weighted by molar-refractivity contribution is -0.154. The topological polar surface area (TPSA) is 116 Å². The van der Waals surface area contributed by atoms with Crippen LogP contribution in [0.1, 0.15) is 49.3 Å². The fourth-order valence-electron chi connectivity index (χ4n) is 6.62. The van der Waals surface area contributed by atoms with Gasteiger partial charge in [0, 0.05) is 38.1 Å². The van der Waals surface area contributed by atoms with Crippen LogP contribution in [0.3, 0.4) is 0 Å². The van der Waals surface area contributed by atoms with Crippen molar-refractivity contribution in [1.82, 2.24) is 14.7 Å². The molecule has 0 saturated carbocycles. The minimum Gasteiger partial charge on any atom is -0.481 e. The second kappa shape index (κ2) is 13.7. The van der Waals surface area contributed by atoms with E-state index in [2.05, 4.69) is 17.0 Å². The number of aliphatic carboxylic acids is 1. The molecule has 0 aromatic heterocycles. The summed E-state index contributed by atoms with van der Waals surface area (Å²) >= 11 is 12.4. The number of ether oxygens (including phenoxy) is 1. The molecule has 2 amide bonds. The highest BCUT2D eigenvalue weighted by Crippen LogP contribution is 2.34. The summed E-state index contributed by atoms with van der Waals surface area (Å²) < 4.78 is 5.73. The van der Waals surface area contributed by atoms with Crippen molar-refractivity contribution in [1.29, 1.82) is 0 Å². The zero-order chi connectivity index (χ0) is 29.8. The Morgan fingerprint density at radius 1 is 1.07 bits per heavy atom. The fraction of sp³-hybridized carbons (Fsp3) is 0.516. The molecule has 0 bridgehead atoms. The van der Waals surface area contributed by atoms with Crippen LogP contribution in [0.2, 0.25) is 10.0 Å². The number of carboxylic acids is 1. The zero-order valence-corrected chi connectivity index (χ0v) is 25.1. The summed E-state index contributed by atoms with van der Waals surface area (Å²) in [4.78, 5) is 45.8. The molecule has 3 aliphatic heterocycles. The van der Waals surface area contributed by atoms with E-state index in [1.165, 1.54) is 5.56 Å². The molecule has 5 rings (SSSR count). The molecule has 226 valence electrons. The molecular formula is C31H38Cl2N4O5. The van der Waals surface area contributed by atoms with Crippen molar-refractivity contribution in [2.75, 3.05) is 32.8 Å². The third-order valence-corrected chi connectivity index (χ3v) is 9.49. The van der Waals surface area contributed by atoms with Crippen LogP contribution in [-0.2, 0) is 25.5 Å². The molecule has 0 aliphatic carbocycles. The summed E-state index contributed by atoms with van der Waals surface area (Å²) in [6, 6.07) is 13.7. The first-order valence-electron chi connectivity index (χ1n) is 14.6. The molecule has 3 fully saturated rings. The smallest absolute Gasteiger partial charge is 0.303 e. The third-order valence-electron chi connectivity index (χ3n) is 8.75. The first-order chi connectivity index (χ1) is 20.2. The van der Waals surface area contributed by atoms with Crippen LogP contribution in [0.25, 0.3) is 0 Å². The van der Waals surface area contributed by atoms with Crippen LogP contribution in [0.4, 0.5) is 0 Å². The minimum absolute atomic E-state index is 0.0266. The number of amides is 2. The highest BCUT2D eigenvalue weighted by Gasteiger charge is 2.47. The van der Waals surface area contributed by atoms with Crippen LogP contribution in [0, 0.1) is 0 Å². The number of fused-ring (bicyclic) bond motifs is 1. The van der Waals surface area contributed by atoms with E-state index in [4.69, 9.17) is 33.7 Å². The summed E-state index contributed by atoms with van der Waals surface area (Å²) in [5.41, 5.74) is 8.39. The van der Waals surface area contributed by atoms with Gasteiger partial charge in [0.15, 0.2) is 0 Å². The van der Waals surface area contributed by atoms with Crippen LogP contribution >= 0.6 is 23.2 Å². The predicted octanol–water partition coefficient (Wildman–Crippen LogP) is 3.76. The van der Waals surface area contributed by atoms with E-state index >= 15 is 0 Å². The van der Waals surface area contributed by atoms with Gasteiger partial charge in [0.1, 0.15) is 6.04 Å². The number of hydrogen-bond donors (Lipinski definition) is 2. The molecule has 2 aromatic carbocycles. The summed E-state index contributed by atoms with van der Waals surface area (Å²) in [6.45, 7) is 1.92. The quantitative estimate of drug-likeness (QED) is 0.440. The zero-order valence-electron chi connectivity index (χ0n) is 23.5. The Morgan fingerprint density at radius 3 is 2.60 bits per heavy atom. The van der Waals surface area contributed by atoms with Gasteiger partial charge in [-0.1, -0.05) is 59.6 Å². The van der Waals surface area contributed by atoms with E-state index in [-0.39, 0.29) is 43.3 Å². The Morgan fingerprint density at radius 2 is 1.86 bits per heavy atom. The first-order valence-corrected chi connectivity index (χ1v) is 15.4. The number of morpholine rings is 1. The van der Waals surface area contributed by atoms with E-state index in [1.807, 2.05) is 24.3 Å². The molecule has 3 N–H and O–H groups in total. The third kappa shape index (κ3) is 6.92. The van der Waals surface area contributed by atoms with Crippen molar-refractivity contribution >= 4 is 41.0 Å². The largest absolute Gasteiger partial charge is 0.481 e. The van der Waals surface area contributed by atoms with Gasteiger partial charge in [-0.3, -0.25) is 19.3 Å². The maximum Gasteiger partial charge on any atom is 0.303 e. The standard InChI is InChI=1S/C31H38Cl2N4O5/c32-24-9-7-21(16-25(24)33)28-19-42-15-14-36(28)30(40)26(10-11-29(38)39)35-13-12-23(8-6-20-4-2-1-3-5-20)37-18-22(34)17-27(37)31(35)41/h1-5,7,9,16,22-23,26-28H,6,8,10-15,17-19,34H2,(H,38,39)/t22-,23?,26-,27+,28+/m1/s1. The molecular weight excluding hydrogens is 579 g/mol. The molecule has 0 radical (unpaired) electrons. The number of halogens is 2. The van der Waals surface area contributed by atoms with Crippen molar-refractivity contribution in [3.05, 3.63) is 69.7 Å². The van der Waals surface area contributed by atoms with E-state index in [1.54, 1.807) is 21.9 Å². The lowest BCUT2D eigenvalue weighted by atomic mass is 10.00. The molecule has 3 saturated heterocycles. The first kappa shape index (κ1) is 30.8. The summed E-state index contributed by atoms with van der Waals surface area (Å²) in [7, 11) is 0. The van der Waals surface area contributed by atoms with Crippen LogP contribution in [0.5, 0.6) is 0 Å². The molecule has 3 heterocycles. The summed E-state index contributed by atoms with van der Waals surface area (Å²) in [5, 5.41) is 10.3. The average molecular weight is 618 g/mol. The van der Waals surface area contributed by atoms with E-state index < -0.39 is 24.1 Å². The maximum atomic E-state index is 14.3. The maximum absolute atomic E-state index is 14.3. The van der Waals surface area contributed by atoms with Gasteiger partial charge < -0.3 is 25.4 Å². The monoisotopic (exact) mass is 616 g/mol. The predicted molar refractivity (Wildman–Crippen MR) is 160 cm³/mol. The Hall–Kier alpha value is -2.69. The average Bonchev–Trinajstić information content (AvgIpc) is 3.33. The Bertz CT molecular complexity index is 1280. The number of carbonyl (C=O) groups excluding carboxylic acids is 2. The van der Waals surface area contributed by atoms with Crippen molar-refractivity contribution in [2.45, 2.75) is 68.7 Å². The SMILES string of the molecule is N[C@@H]1C[C@H]2C(=O)N([C@H](CCC(=O)O)C(=O)N3CCOC[C@H]3c3ccc(Cl)c(Cl)c3)CCC(CCc3ccccc3)N2C1. The van der Waals surface area contributed by atoms with Crippen LogP contribution in [-0.4, -0.2) is 94.6 Å². The van der Waals surface area contributed by atoms with E-state index in [0.717, 1.165) is 18.4 Å². The molecule has 1 unspecified atom stereocenters. The highest BCUT2D eigenvalue weighted by molar-refractivity contribution is 6.42. The van der Waals surface area contributed by atoms with E-state index in [9.17, 15) is 19.5 Å². The number of aryl methyl sites for hydroxylation is 1. The van der Waals surface area contributed by atoms with E-state index in [0.29, 0.717) is 49.1 Å². The van der Waals surface area contributed by atoms with Gasteiger partial charge in [0.05, 0.1) is 35.3 Å². The summed E-state index contributed by atoms with van der Waals surface area (Å²) in [6.07, 6.45) is 2.73. The van der Waals surface area contributed by atoms with Gasteiger partial charge in [-0.25, -0.2) is 0 Å². The summed E-state index contributed by atoms with van der Waals surface area (Å²) in [5.74, 6) is -1.43. The molecule has 2 aromatic rings. The van der Waals surface area contributed by atoms with Gasteiger partial charge in [0.2, 0.25) is 11.8 Å². The van der Waals surface area contributed by atoms with Gasteiger partial charge in [-0.2, -0.15) is 0 Å². The highest BCUT2D eigenvalue weighted by atomic mass is 35.5. The molecule has 5 atom stereocenters. The fourth-order valence-corrected chi connectivity index (χ4v) is 6.93. The van der Waals surface area contributed by atoms with Crippen LogP contribution < -0.4 is 5.73 Å². The molecule has 42 heavy (non-hydrogen) atoms. The molecule has 3 aliphatic rings. The number of rotatable bonds is 9. The Labute approximate surface area is 256 Å². The second-order valence-electron chi connectivity index (χ2n) is 11.5. The number of nitrogens with two attached hydrogens (primary N) is 1. The Balaban J connectivity index is 1.41. The lowest BCUT2D eigenvalue weighted by Crippen LogP contribution is -2.56. The minimum atomic E-state index is -1.01. The number of nitrogens with zero attached hydrogens (tertiary/aromatic N) is 3. The van der Waals surface area contributed by atoms with Crippen molar-refractivity contribution in [3.8, 4) is 0 Å². The molecule has 9 nitrogen and oxygen atoms in total. The van der Waals surface area contributed by atoms with Crippen LogP contribution in [0.15, 0.2) is 48.5 Å². The number of benzene rings is 2. The van der Waals surface area contributed by atoms with Crippen molar-refractivity contribution in [2.24, 2.45) is 5.73 Å². The van der Waals surface area contributed by atoms with Crippen molar-refractivity contribution < 1.29 is 24.2 Å². The molecule has 11 heteroatoms. The molecule has 0 spiro atoms. The van der Waals surface area contributed by atoms with Gasteiger partial charge in [0.25, 0.3) is 0 Å². The number of carbonyl (C=O) groups is 3. The number of carboxylic acid groups (broad SMARTS) is 1. The van der Waals surface area contributed by atoms with Gasteiger partial charge in [-0.15, -0.1) is 0 Å². The lowest BCUT2D eigenvalue weighted by Gasteiger charge is -2.41. The van der Waals surface area contributed by atoms with Crippen molar-refractivity contribution in [3.63, 3.8) is 0 Å². The van der Waals surface area contributed by atoms with Gasteiger partial charge in [-0.05, 0) is 55.4 Å². The normalized spacial score (nSPS) is 25.6.